The second-order valence-electron chi connectivity index (χ2n) is 5.15. The molecule has 2 rings (SSSR count). The molecule has 3 nitrogen and oxygen atoms in total. The van der Waals surface area contributed by atoms with Crippen LogP contribution in [0.3, 0.4) is 0 Å². The van der Waals surface area contributed by atoms with Gasteiger partial charge in [-0.05, 0) is 25.7 Å². The molecule has 0 aromatic rings. The van der Waals surface area contributed by atoms with Crippen molar-refractivity contribution in [3.05, 3.63) is 0 Å². The van der Waals surface area contributed by atoms with Gasteiger partial charge in [0.1, 0.15) is 0 Å². The summed E-state index contributed by atoms with van der Waals surface area (Å²) in [5.41, 5.74) is 5.92. The second-order valence-corrected chi connectivity index (χ2v) is 7.45. The van der Waals surface area contributed by atoms with Crippen molar-refractivity contribution < 1.29 is 8.42 Å². The predicted octanol–water partition coefficient (Wildman–Crippen LogP) is 1.62. The van der Waals surface area contributed by atoms with Crippen LogP contribution < -0.4 is 5.73 Å². The topological polar surface area (TPSA) is 60.2 Å². The summed E-state index contributed by atoms with van der Waals surface area (Å²) in [5.74, 6) is 0.358. The average molecular weight is 231 g/mol. The summed E-state index contributed by atoms with van der Waals surface area (Å²) in [7, 11) is -2.91. The summed E-state index contributed by atoms with van der Waals surface area (Å²) in [5, 5.41) is -0.251. The first-order valence-electron chi connectivity index (χ1n) is 6.05. The lowest BCUT2D eigenvalue weighted by molar-refractivity contribution is 0.268. The van der Waals surface area contributed by atoms with Crippen molar-refractivity contribution in [2.24, 2.45) is 5.73 Å². The minimum atomic E-state index is -2.91. The molecule has 0 spiro atoms. The third kappa shape index (κ3) is 2.21. The Morgan fingerprint density at radius 3 is 2.27 bits per heavy atom. The summed E-state index contributed by atoms with van der Waals surface area (Å²) in [6, 6.07) is 0. The molecular formula is C11H21NO2S. The molecule has 2 fully saturated rings. The van der Waals surface area contributed by atoms with Gasteiger partial charge in [0.15, 0.2) is 9.84 Å². The zero-order valence-electron chi connectivity index (χ0n) is 9.24. The number of nitrogens with two attached hydrogens (primary N) is 1. The van der Waals surface area contributed by atoms with Crippen LogP contribution in [-0.2, 0) is 9.84 Å². The predicted molar refractivity (Wildman–Crippen MR) is 61.4 cm³/mol. The maximum Gasteiger partial charge on any atom is 0.154 e. The van der Waals surface area contributed by atoms with E-state index in [2.05, 4.69) is 0 Å². The highest BCUT2D eigenvalue weighted by Gasteiger charge is 2.44. The third-order valence-electron chi connectivity index (χ3n) is 4.00. The SMILES string of the molecule is NC1([C@@H]2CCCCS2(=O)=O)CCCCC1. The highest BCUT2D eigenvalue weighted by molar-refractivity contribution is 7.92. The van der Waals surface area contributed by atoms with E-state index in [9.17, 15) is 8.42 Å². The fourth-order valence-electron chi connectivity index (χ4n) is 3.13. The maximum atomic E-state index is 12.0. The molecule has 1 atom stereocenters. The van der Waals surface area contributed by atoms with Gasteiger partial charge < -0.3 is 5.73 Å². The molecule has 2 N–H and O–H groups in total. The quantitative estimate of drug-likeness (QED) is 0.746. The van der Waals surface area contributed by atoms with E-state index in [4.69, 9.17) is 5.73 Å². The highest BCUT2D eigenvalue weighted by Crippen LogP contribution is 2.36. The molecule has 1 saturated carbocycles. The third-order valence-corrected chi connectivity index (χ3v) is 6.43. The van der Waals surface area contributed by atoms with Crippen LogP contribution in [-0.4, -0.2) is 25.0 Å². The van der Waals surface area contributed by atoms with Crippen molar-refractivity contribution in [1.82, 2.24) is 0 Å². The Labute approximate surface area is 92.3 Å². The van der Waals surface area contributed by atoms with Crippen molar-refractivity contribution in [2.45, 2.75) is 62.2 Å². The first-order valence-corrected chi connectivity index (χ1v) is 7.77. The van der Waals surface area contributed by atoms with E-state index in [0.29, 0.717) is 5.75 Å². The minimum absolute atomic E-state index is 0.251. The van der Waals surface area contributed by atoms with Gasteiger partial charge in [-0.1, -0.05) is 25.7 Å². The zero-order chi connectivity index (χ0) is 10.9. The smallest absolute Gasteiger partial charge is 0.154 e. The Kier molecular flexibility index (Phi) is 3.08. The normalized spacial score (nSPS) is 34.9. The molecular weight excluding hydrogens is 210 g/mol. The molecule has 0 aromatic heterocycles. The van der Waals surface area contributed by atoms with E-state index in [-0.39, 0.29) is 5.25 Å². The molecule has 0 amide bonds. The summed E-state index contributed by atoms with van der Waals surface area (Å²) >= 11 is 0. The van der Waals surface area contributed by atoms with Crippen LogP contribution in [0.25, 0.3) is 0 Å². The molecule has 88 valence electrons. The van der Waals surface area contributed by atoms with Gasteiger partial charge in [0.05, 0.1) is 11.0 Å². The monoisotopic (exact) mass is 231 g/mol. The Morgan fingerprint density at radius 2 is 1.67 bits per heavy atom. The van der Waals surface area contributed by atoms with E-state index in [1.165, 1.54) is 6.42 Å². The lowest BCUT2D eigenvalue weighted by atomic mass is 9.78. The Morgan fingerprint density at radius 1 is 1.00 bits per heavy atom. The maximum absolute atomic E-state index is 12.0. The van der Waals surface area contributed by atoms with Crippen molar-refractivity contribution in [3.8, 4) is 0 Å². The molecule has 15 heavy (non-hydrogen) atoms. The molecule has 0 bridgehead atoms. The molecule has 4 heteroatoms. The van der Waals surface area contributed by atoms with Crippen molar-refractivity contribution in [1.29, 1.82) is 0 Å². The van der Waals surface area contributed by atoms with Gasteiger partial charge in [-0.3, -0.25) is 0 Å². The average Bonchev–Trinajstić information content (AvgIpc) is 2.17. The largest absolute Gasteiger partial charge is 0.324 e. The van der Waals surface area contributed by atoms with Crippen LogP contribution >= 0.6 is 0 Å². The van der Waals surface area contributed by atoms with Crippen molar-refractivity contribution in [3.63, 3.8) is 0 Å². The number of hydrogen-bond donors (Lipinski definition) is 1. The molecule has 0 unspecified atom stereocenters. The molecule has 1 heterocycles. The lowest BCUT2D eigenvalue weighted by Gasteiger charge is -2.41. The molecule has 1 aliphatic carbocycles. The molecule has 1 aliphatic heterocycles. The molecule has 0 aromatic carbocycles. The number of sulfone groups is 1. The summed E-state index contributed by atoms with van der Waals surface area (Å²) in [6.45, 7) is 0. The van der Waals surface area contributed by atoms with Crippen LogP contribution in [0.15, 0.2) is 0 Å². The summed E-state index contributed by atoms with van der Waals surface area (Å²) in [6.07, 6.45) is 7.86. The van der Waals surface area contributed by atoms with Crippen LogP contribution in [0.5, 0.6) is 0 Å². The fraction of sp³-hybridized carbons (Fsp3) is 1.00. The molecule has 1 saturated heterocycles. The lowest BCUT2D eigenvalue weighted by Crippen LogP contribution is -2.56. The summed E-state index contributed by atoms with van der Waals surface area (Å²) < 4.78 is 24.0. The van der Waals surface area contributed by atoms with E-state index < -0.39 is 15.4 Å². The Hall–Kier alpha value is -0.0900. The van der Waals surface area contributed by atoms with Gasteiger partial charge >= 0.3 is 0 Å². The standard InChI is InChI=1S/C11H21NO2S/c12-11(7-3-1-4-8-11)10-6-2-5-9-15(10,13)14/h10H,1-9,12H2/t10-/m0/s1. The van der Waals surface area contributed by atoms with Crippen molar-refractivity contribution >= 4 is 9.84 Å². The van der Waals surface area contributed by atoms with Gasteiger partial charge in [0, 0.05) is 5.54 Å². The van der Waals surface area contributed by atoms with Crippen LogP contribution in [0, 0.1) is 0 Å². The number of hydrogen-bond acceptors (Lipinski definition) is 3. The highest BCUT2D eigenvalue weighted by atomic mass is 32.2. The van der Waals surface area contributed by atoms with Crippen molar-refractivity contribution in [2.75, 3.05) is 5.75 Å². The van der Waals surface area contributed by atoms with E-state index >= 15 is 0 Å². The first kappa shape index (κ1) is 11.4. The van der Waals surface area contributed by atoms with Crippen LogP contribution in [0.1, 0.15) is 51.4 Å². The number of rotatable bonds is 1. The molecule has 0 radical (unpaired) electrons. The van der Waals surface area contributed by atoms with E-state index in [1.807, 2.05) is 0 Å². The zero-order valence-corrected chi connectivity index (χ0v) is 10.1. The van der Waals surface area contributed by atoms with Gasteiger partial charge in [-0.25, -0.2) is 8.42 Å². The van der Waals surface area contributed by atoms with Crippen LogP contribution in [0.2, 0.25) is 0 Å². The van der Waals surface area contributed by atoms with Gasteiger partial charge in [-0.2, -0.15) is 0 Å². The van der Waals surface area contributed by atoms with E-state index in [0.717, 1.165) is 44.9 Å². The minimum Gasteiger partial charge on any atom is -0.324 e. The van der Waals surface area contributed by atoms with Gasteiger partial charge in [0.25, 0.3) is 0 Å². The fourth-order valence-corrected chi connectivity index (χ4v) is 5.50. The second kappa shape index (κ2) is 4.06. The Bertz CT molecular complexity index is 317. The van der Waals surface area contributed by atoms with E-state index in [1.54, 1.807) is 0 Å². The summed E-state index contributed by atoms with van der Waals surface area (Å²) in [4.78, 5) is 0. The first-order chi connectivity index (χ1) is 7.05. The molecule has 2 aliphatic rings. The van der Waals surface area contributed by atoms with Gasteiger partial charge in [-0.15, -0.1) is 0 Å². The van der Waals surface area contributed by atoms with Gasteiger partial charge in [0.2, 0.25) is 0 Å². The Balaban J connectivity index is 2.20. The van der Waals surface area contributed by atoms with Crippen LogP contribution in [0.4, 0.5) is 0 Å².